The highest BCUT2D eigenvalue weighted by molar-refractivity contribution is 5.79. The molecule has 0 N–H and O–H groups in total. The number of pyridine rings is 1. The number of rotatable bonds is 4. The monoisotopic (exact) mass is 425 g/mol. The molecule has 0 spiro atoms. The van der Waals surface area contributed by atoms with Crippen LogP contribution in [0.3, 0.4) is 0 Å². The van der Waals surface area contributed by atoms with Gasteiger partial charge in [-0.2, -0.15) is 0 Å². The highest BCUT2D eigenvalue weighted by atomic mass is 19.1. The van der Waals surface area contributed by atoms with Crippen LogP contribution in [0, 0.1) is 11.6 Å². The van der Waals surface area contributed by atoms with Crippen LogP contribution in [0.25, 0.3) is 10.9 Å². The van der Waals surface area contributed by atoms with Crippen LogP contribution in [0.4, 0.5) is 8.78 Å². The van der Waals surface area contributed by atoms with Gasteiger partial charge in [0.15, 0.2) is 0 Å². The Morgan fingerprint density at radius 2 is 1.44 bits per heavy atom. The summed E-state index contributed by atoms with van der Waals surface area (Å²) in [4.78, 5) is 17.0. The molecule has 2 nitrogen and oxygen atoms in total. The summed E-state index contributed by atoms with van der Waals surface area (Å²) in [7, 11) is 0. The number of carbonyl (C=O) groups is 1. The van der Waals surface area contributed by atoms with E-state index in [0.717, 1.165) is 22.9 Å². The summed E-state index contributed by atoms with van der Waals surface area (Å²) in [5.41, 5.74) is 3.01. The van der Waals surface area contributed by atoms with Gasteiger partial charge in [0, 0.05) is 22.9 Å². The molecule has 3 aromatic carbocycles. The number of halogens is 2. The zero-order valence-corrected chi connectivity index (χ0v) is 17.3. The minimum atomic E-state index is -0.569. The van der Waals surface area contributed by atoms with Crippen molar-refractivity contribution in [1.29, 1.82) is 0 Å². The number of carbonyl (C=O) groups excluding carboxylic acids is 1. The van der Waals surface area contributed by atoms with Crippen molar-refractivity contribution in [3.63, 3.8) is 0 Å². The fraction of sp³-hybridized carbons (Fsp3) is 0.143. The smallest absolute Gasteiger partial charge is 0.146 e. The molecule has 1 aliphatic carbocycles. The minimum absolute atomic E-state index is 0.293. The molecule has 0 fully saturated rings. The Labute approximate surface area is 185 Å². The van der Waals surface area contributed by atoms with E-state index < -0.39 is 11.8 Å². The predicted molar refractivity (Wildman–Crippen MR) is 122 cm³/mol. The first kappa shape index (κ1) is 20.3. The van der Waals surface area contributed by atoms with E-state index in [4.69, 9.17) is 4.98 Å². The van der Waals surface area contributed by atoms with Crippen molar-refractivity contribution in [3.8, 4) is 0 Å². The minimum Gasteiger partial charge on any atom is -0.298 e. The molecular formula is C28H21F2NO. The summed E-state index contributed by atoms with van der Waals surface area (Å²) in [5.74, 6) is -1.96. The second-order valence-corrected chi connectivity index (χ2v) is 8.14. The number of hydrogen-bond acceptors (Lipinski definition) is 2. The van der Waals surface area contributed by atoms with Crippen molar-refractivity contribution < 1.29 is 13.6 Å². The number of fused-ring (bicyclic) bond motifs is 1. The van der Waals surface area contributed by atoms with Crippen LogP contribution in [-0.4, -0.2) is 11.3 Å². The summed E-state index contributed by atoms with van der Waals surface area (Å²) >= 11 is 0. The van der Waals surface area contributed by atoms with E-state index in [9.17, 15) is 13.6 Å². The fourth-order valence-electron chi connectivity index (χ4n) is 4.94. The molecule has 0 saturated heterocycles. The quantitative estimate of drug-likeness (QED) is 0.341. The number of aldehydes is 1. The maximum atomic E-state index is 15.0. The standard InChI is InChI=1S/C28H21F2NO/c29-23-10-4-2-8-20(23)21-15-13-19(17-32)27(22-9-3-5-11-24(22)30)28(21)26-16-14-18-7-1-6-12-25(18)31-26/h1-14,16-17,21,27-28H,15H2/t21-,27-,28-/m0/s1. The molecule has 5 rings (SSSR count). The van der Waals surface area contributed by atoms with Gasteiger partial charge in [-0.05, 0) is 53.3 Å². The Hall–Kier alpha value is -3.66. The third-order valence-electron chi connectivity index (χ3n) is 6.40. The normalized spacial score (nSPS) is 20.7. The van der Waals surface area contributed by atoms with Crippen molar-refractivity contribution in [3.05, 3.63) is 125 Å². The van der Waals surface area contributed by atoms with E-state index in [-0.39, 0.29) is 17.6 Å². The van der Waals surface area contributed by atoms with Crippen molar-refractivity contribution in [2.75, 3.05) is 0 Å². The number of para-hydroxylation sites is 1. The highest BCUT2D eigenvalue weighted by Crippen LogP contribution is 2.51. The molecule has 0 amide bonds. The topological polar surface area (TPSA) is 30.0 Å². The van der Waals surface area contributed by atoms with Gasteiger partial charge in [-0.25, -0.2) is 8.78 Å². The van der Waals surface area contributed by atoms with E-state index in [1.807, 2.05) is 42.5 Å². The molecule has 0 bridgehead atoms. The number of hydrogen-bond donors (Lipinski definition) is 0. The molecule has 3 atom stereocenters. The summed E-state index contributed by atoms with van der Waals surface area (Å²) < 4.78 is 29.9. The third kappa shape index (κ3) is 3.52. The van der Waals surface area contributed by atoms with Crippen molar-refractivity contribution in [1.82, 2.24) is 4.98 Å². The van der Waals surface area contributed by atoms with Crippen LogP contribution >= 0.6 is 0 Å². The number of nitrogens with zero attached hydrogens (tertiary/aromatic N) is 1. The SMILES string of the molecule is O=CC1=CC[C@@H](c2ccccc2F)[C@@H](c2ccc3ccccc3n2)[C@@H]1c1ccccc1F. The van der Waals surface area contributed by atoms with Gasteiger partial charge in [0.05, 0.1) is 5.52 Å². The van der Waals surface area contributed by atoms with E-state index in [1.165, 1.54) is 12.1 Å². The molecule has 0 radical (unpaired) electrons. The summed E-state index contributed by atoms with van der Waals surface area (Å²) in [6.45, 7) is 0. The van der Waals surface area contributed by atoms with Crippen LogP contribution in [0.15, 0.2) is 96.6 Å². The van der Waals surface area contributed by atoms with Gasteiger partial charge in [0.25, 0.3) is 0 Å². The lowest BCUT2D eigenvalue weighted by Gasteiger charge is -2.38. The Bertz CT molecular complexity index is 1330. The molecule has 4 aromatic rings. The first-order chi connectivity index (χ1) is 15.7. The van der Waals surface area contributed by atoms with E-state index in [0.29, 0.717) is 23.1 Å². The van der Waals surface area contributed by atoms with Crippen LogP contribution in [-0.2, 0) is 4.79 Å². The molecule has 1 aromatic heterocycles. The lowest BCUT2D eigenvalue weighted by Crippen LogP contribution is -2.27. The maximum Gasteiger partial charge on any atom is 0.146 e. The summed E-state index contributed by atoms with van der Waals surface area (Å²) in [6, 6.07) is 24.8. The zero-order valence-electron chi connectivity index (χ0n) is 17.3. The van der Waals surface area contributed by atoms with E-state index in [2.05, 4.69) is 0 Å². The molecule has 0 unspecified atom stereocenters. The number of aromatic nitrogens is 1. The molecule has 158 valence electrons. The van der Waals surface area contributed by atoms with Crippen molar-refractivity contribution in [2.24, 2.45) is 0 Å². The molecule has 4 heteroatoms. The molecule has 0 aliphatic heterocycles. The molecular weight excluding hydrogens is 404 g/mol. The van der Waals surface area contributed by atoms with Crippen molar-refractivity contribution >= 4 is 17.2 Å². The van der Waals surface area contributed by atoms with Gasteiger partial charge in [-0.15, -0.1) is 0 Å². The largest absolute Gasteiger partial charge is 0.298 e. The Balaban J connectivity index is 1.76. The molecule has 1 aliphatic rings. The first-order valence-corrected chi connectivity index (χ1v) is 10.7. The molecule has 0 saturated carbocycles. The Morgan fingerprint density at radius 1 is 0.781 bits per heavy atom. The average Bonchev–Trinajstić information content (AvgIpc) is 2.83. The summed E-state index contributed by atoms with van der Waals surface area (Å²) in [5, 5.41) is 0.989. The van der Waals surface area contributed by atoms with Gasteiger partial charge in [-0.1, -0.05) is 66.7 Å². The average molecular weight is 425 g/mol. The van der Waals surface area contributed by atoms with Gasteiger partial charge in [0.2, 0.25) is 0 Å². The van der Waals surface area contributed by atoms with E-state index in [1.54, 1.807) is 36.4 Å². The fourth-order valence-corrected chi connectivity index (χ4v) is 4.94. The molecule has 32 heavy (non-hydrogen) atoms. The second kappa shape index (κ2) is 8.46. The second-order valence-electron chi connectivity index (χ2n) is 8.14. The van der Waals surface area contributed by atoms with Gasteiger partial charge in [0.1, 0.15) is 17.9 Å². The van der Waals surface area contributed by atoms with Gasteiger partial charge >= 0.3 is 0 Å². The number of benzene rings is 3. The molecule has 1 heterocycles. The summed E-state index contributed by atoms with van der Waals surface area (Å²) in [6.07, 6.45) is 3.08. The van der Waals surface area contributed by atoms with Crippen molar-refractivity contribution in [2.45, 2.75) is 24.2 Å². The highest BCUT2D eigenvalue weighted by Gasteiger charge is 2.40. The Kier molecular flexibility index (Phi) is 5.36. The van der Waals surface area contributed by atoms with E-state index >= 15 is 0 Å². The van der Waals surface area contributed by atoms with Crippen LogP contribution in [0.2, 0.25) is 0 Å². The van der Waals surface area contributed by atoms with Crippen LogP contribution < -0.4 is 0 Å². The maximum absolute atomic E-state index is 15.0. The lowest BCUT2D eigenvalue weighted by atomic mass is 9.65. The van der Waals surface area contributed by atoms with Crippen LogP contribution in [0.5, 0.6) is 0 Å². The van der Waals surface area contributed by atoms with Crippen LogP contribution in [0.1, 0.15) is 41.0 Å². The first-order valence-electron chi connectivity index (χ1n) is 10.7. The van der Waals surface area contributed by atoms with Gasteiger partial charge in [-0.3, -0.25) is 9.78 Å². The zero-order chi connectivity index (χ0) is 22.1. The Morgan fingerprint density at radius 3 is 2.16 bits per heavy atom. The number of allylic oxidation sites excluding steroid dienone is 2. The van der Waals surface area contributed by atoms with Gasteiger partial charge < -0.3 is 0 Å². The third-order valence-corrected chi connectivity index (χ3v) is 6.40. The predicted octanol–water partition coefficient (Wildman–Crippen LogP) is 6.69. The lowest BCUT2D eigenvalue weighted by molar-refractivity contribution is -0.105.